The lowest BCUT2D eigenvalue weighted by Gasteiger charge is -2.35. The first-order valence-electron chi connectivity index (χ1n) is 11.5. The Labute approximate surface area is 164 Å². The Hall–Kier alpha value is -1.36. The van der Waals surface area contributed by atoms with Gasteiger partial charge in [-0.15, -0.1) is 0 Å². The number of aromatic nitrogens is 2. The molecule has 0 unspecified atom stereocenters. The van der Waals surface area contributed by atoms with E-state index in [4.69, 9.17) is 4.98 Å². The first-order valence-corrected chi connectivity index (χ1v) is 11.5. The molecular formula is C22H37N5. The van der Waals surface area contributed by atoms with E-state index in [9.17, 15) is 0 Å². The maximum absolute atomic E-state index is 4.89. The topological polar surface area (TPSA) is 44.3 Å². The maximum Gasteiger partial charge on any atom is 0.224 e. The van der Waals surface area contributed by atoms with Crippen LogP contribution in [0.5, 0.6) is 0 Å². The fourth-order valence-corrected chi connectivity index (χ4v) is 5.14. The van der Waals surface area contributed by atoms with Crippen LogP contribution in [0.15, 0.2) is 12.3 Å². The predicted molar refractivity (Wildman–Crippen MR) is 112 cm³/mol. The zero-order chi connectivity index (χ0) is 18.3. The van der Waals surface area contributed by atoms with Gasteiger partial charge in [-0.2, -0.15) is 4.98 Å². The molecule has 5 heteroatoms. The van der Waals surface area contributed by atoms with Crippen LogP contribution in [0.25, 0.3) is 0 Å². The summed E-state index contributed by atoms with van der Waals surface area (Å²) >= 11 is 0. The molecule has 1 aromatic rings. The molecular weight excluding hydrogens is 334 g/mol. The quantitative estimate of drug-likeness (QED) is 0.847. The van der Waals surface area contributed by atoms with Crippen molar-refractivity contribution in [3.05, 3.63) is 12.3 Å². The van der Waals surface area contributed by atoms with Gasteiger partial charge in [0.15, 0.2) is 0 Å². The Morgan fingerprint density at radius 1 is 0.815 bits per heavy atom. The predicted octanol–water partition coefficient (Wildman–Crippen LogP) is 4.46. The molecule has 0 radical (unpaired) electrons. The average molecular weight is 372 g/mol. The SMILES string of the molecule is c1cc(N2CCCCCC2)nc(N[C@@H]2CCCCN(C3CCCCC3)C2)n1. The monoisotopic (exact) mass is 371 g/mol. The minimum absolute atomic E-state index is 0.480. The van der Waals surface area contributed by atoms with Crippen molar-refractivity contribution in [3.8, 4) is 0 Å². The van der Waals surface area contributed by atoms with Gasteiger partial charge < -0.3 is 10.2 Å². The van der Waals surface area contributed by atoms with E-state index in [0.717, 1.165) is 37.4 Å². The molecule has 3 aliphatic rings. The summed E-state index contributed by atoms with van der Waals surface area (Å²) in [4.78, 5) is 14.7. The van der Waals surface area contributed by atoms with Crippen LogP contribution in [0, 0.1) is 0 Å². The number of hydrogen-bond acceptors (Lipinski definition) is 5. The molecule has 1 saturated carbocycles. The summed E-state index contributed by atoms with van der Waals surface area (Å²) in [5.74, 6) is 1.93. The van der Waals surface area contributed by atoms with Crippen LogP contribution in [0.1, 0.15) is 77.0 Å². The lowest BCUT2D eigenvalue weighted by molar-refractivity contribution is 0.158. The Kier molecular flexibility index (Phi) is 6.83. The number of nitrogens with one attached hydrogen (secondary N) is 1. The summed E-state index contributed by atoms with van der Waals surface area (Å²) in [6.07, 6.45) is 18.2. The van der Waals surface area contributed by atoms with Crippen molar-refractivity contribution in [3.63, 3.8) is 0 Å². The van der Waals surface area contributed by atoms with Crippen molar-refractivity contribution in [2.45, 2.75) is 89.1 Å². The largest absolute Gasteiger partial charge is 0.356 e. The third kappa shape index (κ3) is 5.34. The van der Waals surface area contributed by atoms with E-state index in [1.54, 1.807) is 0 Å². The summed E-state index contributed by atoms with van der Waals surface area (Å²) in [7, 11) is 0. The van der Waals surface area contributed by atoms with E-state index in [2.05, 4.69) is 26.2 Å². The number of rotatable bonds is 4. The first kappa shape index (κ1) is 19.0. The lowest BCUT2D eigenvalue weighted by Crippen LogP contribution is -2.43. The van der Waals surface area contributed by atoms with Crippen molar-refractivity contribution in [2.75, 3.05) is 36.4 Å². The van der Waals surface area contributed by atoms with Gasteiger partial charge in [0.25, 0.3) is 0 Å². The Morgan fingerprint density at radius 3 is 2.33 bits per heavy atom. The standard InChI is InChI=1S/C22H37N5/c1-2-8-16-26(15-7-1)21-13-14-23-22(25-21)24-19-10-6-9-17-27(18-19)20-11-4-3-5-12-20/h13-14,19-20H,1-12,15-18H2,(H,23,24,25)/t19-/m1/s1. The van der Waals surface area contributed by atoms with Gasteiger partial charge >= 0.3 is 0 Å². The van der Waals surface area contributed by atoms with E-state index in [1.807, 2.05) is 6.20 Å². The fraction of sp³-hybridized carbons (Fsp3) is 0.818. The van der Waals surface area contributed by atoms with Gasteiger partial charge in [0.05, 0.1) is 0 Å². The maximum atomic E-state index is 4.89. The van der Waals surface area contributed by atoms with E-state index in [-0.39, 0.29) is 0 Å². The van der Waals surface area contributed by atoms with Gasteiger partial charge in [-0.1, -0.05) is 38.5 Å². The number of nitrogens with zero attached hydrogens (tertiary/aromatic N) is 4. The van der Waals surface area contributed by atoms with Crippen LogP contribution in [-0.2, 0) is 0 Å². The van der Waals surface area contributed by atoms with E-state index in [0.29, 0.717) is 6.04 Å². The molecule has 0 aromatic carbocycles. The van der Waals surface area contributed by atoms with Gasteiger partial charge in [-0.3, -0.25) is 4.90 Å². The zero-order valence-electron chi connectivity index (χ0n) is 16.9. The Balaban J connectivity index is 1.39. The molecule has 1 N–H and O–H groups in total. The van der Waals surface area contributed by atoms with Crippen molar-refractivity contribution in [2.24, 2.45) is 0 Å². The molecule has 3 fully saturated rings. The first-order chi connectivity index (χ1) is 13.4. The van der Waals surface area contributed by atoms with Gasteiger partial charge in [-0.05, 0) is 51.1 Å². The molecule has 150 valence electrons. The highest BCUT2D eigenvalue weighted by molar-refractivity contribution is 5.43. The second-order valence-corrected chi connectivity index (χ2v) is 8.76. The Bertz CT molecular complexity index is 564. The second kappa shape index (κ2) is 9.72. The molecule has 2 aliphatic heterocycles. The van der Waals surface area contributed by atoms with Crippen molar-refractivity contribution in [1.29, 1.82) is 0 Å². The Morgan fingerprint density at radius 2 is 1.52 bits per heavy atom. The van der Waals surface area contributed by atoms with Crippen molar-refractivity contribution < 1.29 is 0 Å². The van der Waals surface area contributed by atoms with Crippen LogP contribution >= 0.6 is 0 Å². The normalized spacial score (nSPS) is 26.4. The summed E-state index contributed by atoms with van der Waals surface area (Å²) in [5.41, 5.74) is 0. The molecule has 0 bridgehead atoms. The van der Waals surface area contributed by atoms with Gasteiger partial charge in [0.1, 0.15) is 5.82 Å². The van der Waals surface area contributed by atoms with Gasteiger partial charge in [-0.25, -0.2) is 4.98 Å². The highest BCUT2D eigenvalue weighted by atomic mass is 15.2. The van der Waals surface area contributed by atoms with Gasteiger partial charge in [0, 0.05) is 37.9 Å². The molecule has 3 heterocycles. The third-order valence-electron chi connectivity index (χ3n) is 6.70. The highest BCUT2D eigenvalue weighted by Gasteiger charge is 2.26. The minimum Gasteiger partial charge on any atom is -0.356 e. The van der Waals surface area contributed by atoms with E-state index < -0.39 is 0 Å². The second-order valence-electron chi connectivity index (χ2n) is 8.76. The van der Waals surface area contributed by atoms with Crippen molar-refractivity contribution >= 4 is 11.8 Å². The molecule has 0 spiro atoms. The van der Waals surface area contributed by atoms with E-state index >= 15 is 0 Å². The lowest BCUT2D eigenvalue weighted by atomic mass is 9.94. The smallest absolute Gasteiger partial charge is 0.224 e. The third-order valence-corrected chi connectivity index (χ3v) is 6.70. The van der Waals surface area contributed by atoms with Crippen LogP contribution in [-0.4, -0.2) is 53.1 Å². The van der Waals surface area contributed by atoms with Crippen LogP contribution in [0.3, 0.4) is 0 Å². The molecule has 5 nitrogen and oxygen atoms in total. The number of hydrogen-bond donors (Lipinski definition) is 1. The molecule has 4 rings (SSSR count). The molecule has 1 atom stereocenters. The molecule has 2 saturated heterocycles. The zero-order valence-corrected chi connectivity index (χ0v) is 16.9. The molecule has 0 amide bonds. The average Bonchev–Trinajstić information content (AvgIpc) is 3.12. The highest BCUT2D eigenvalue weighted by Crippen LogP contribution is 2.26. The van der Waals surface area contributed by atoms with Crippen LogP contribution in [0.2, 0.25) is 0 Å². The molecule has 27 heavy (non-hydrogen) atoms. The summed E-state index contributed by atoms with van der Waals surface area (Å²) in [6.45, 7) is 4.70. The summed E-state index contributed by atoms with van der Waals surface area (Å²) < 4.78 is 0. The number of likely N-dealkylation sites (tertiary alicyclic amines) is 1. The molecule has 1 aliphatic carbocycles. The van der Waals surface area contributed by atoms with Crippen molar-refractivity contribution in [1.82, 2.24) is 14.9 Å². The fourth-order valence-electron chi connectivity index (χ4n) is 5.14. The van der Waals surface area contributed by atoms with Crippen LogP contribution in [0.4, 0.5) is 11.8 Å². The summed E-state index contributed by atoms with van der Waals surface area (Å²) in [6, 6.07) is 3.37. The molecule has 1 aromatic heterocycles. The van der Waals surface area contributed by atoms with Gasteiger partial charge in [0.2, 0.25) is 5.95 Å². The minimum atomic E-state index is 0.480. The summed E-state index contributed by atoms with van der Waals surface area (Å²) in [5, 5.41) is 3.69. The number of anilines is 2. The van der Waals surface area contributed by atoms with E-state index in [1.165, 1.54) is 83.6 Å². The van der Waals surface area contributed by atoms with Crippen LogP contribution < -0.4 is 10.2 Å².